The number of aryl methyl sites for hydroxylation is 2. The van der Waals surface area contributed by atoms with E-state index in [4.69, 9.17) is 10.5 Å². The van der Waals surface area contributed by atoms with Gasteiger partial charge in [0, 0.05) is 24.6 Å². The molecule has 3 N–H and O–H groups in total. The molecule has 1 saturated heterocycles. The highest BCUT2D eigenvalue weighted by Crippen LogP contribution is 2.34. The molecule has 1 aliphatic carbocycles. The van der Waals surface area contributed by atoms with E-state index in [1.165, 1.54) is 11.3 Å². The molecule has 2 heterocycles. The number of thiazole rings is 1. The minimum Gasteiger partial charge on any atom is -0.381 e. The quantitative estimate of drug-likeness (QED) is 0.876. The van der Waals surface area contributed by atoms with Crippen molar-refractivity contribution in [3.63, 3.8) is 0 Å². The number of anilines is 1. The Morgan fingerprint density at radius 3 is 2.89 bits per heavy atom. The van der Waals surface area contributed by atoms with Crippen molar-refractivity contribution < 1.29 is 9.53 Å². The van der Waals surface area contributed by atoms with Crippen LogP contribution in [-0.2, 0) is 22.4 Å². The van der Waals surface area contributed by atoms with Crippen molar-refractivity contribution in [3.05, 3.63) is 10.6 Å². The normalized spacial score (nSPS) is 21.1. The maximum absolute atomic E-state index is 12.5. The first kappa shape index (κ1) is 13.0. The molecule has 0 atom stereocenters. The monoisotopic (exact) mass is 281 g/mol. The number of amides is 1. The Morgan fingerprint density at radius 2 is 2.21 bits per heavy atom. The van der Waals surface area contributed by atoms with Gasteiger partial charge >= 0.3 is 0 Å². The van der Waals surface area contributed by atoms with Crippen LogP contribution in [0.4, 0.5) is 5.13 Å². The molecule has 1 fully saturated rings. The topological polar surface area (TPSA) is 77.2 Å². The fourth-order valence-electron chi connectivity index (χ4n) is 2.76. The zero-order valence-corrected chi connectivity index (χ0v) is 11.7. The van der Waals surface area contributed by atoms with E-state index in [9.17, 15) is 4.79 Å². The molecule has 1 aromatic heterocycles. The lowest BCUT2D eigenvalue weighted by Gasteiger charge is -2.34. The van der Waals surface area contributed by atoms with Crippen molar-refractivity contribution in [2.45, 2.75) is 32.1 Å². The molecule has 0 aromatic carbocycles. The minimum absolute atomic E-state index is 0.00530. The van der Waals surface area contributed by atoms with Crippen molar-refractivity contribution >= 4 is 22.4 Å². The number of nitrogens with two attached hydrogens (primary N) is 1. The molecule has 19 heavy (non-hydrogen) atoms. The van der Waals surface area contributed by atoms with Crippen LogP contribution in [0.1, 0.15) is 29.8 Å². The van der Waals surface area contributed by atoms with Crippen LogP contribution < -0.4 is 11.1 Å². The number of carbonyl (C=O) groups is 1. The summed E-state index contributed by atoms with van der Waals surface area (Å²) >= 11 is 1.61. The number of rotatable bonds is 3. The van der Waals surface area contributed by atoms with Gasteiger partial charge < -0.3 is 15.8 Å². The Morgan fingerprint density at radius 1 is 1.42 bits per heavy atom. The second kappa shape index (κ2) is 5.19. The number of ether oxygens (including phenoxy) is 1. The highest BCUT2D eigenvalue weighted by atomic mass is 32.1. The Kier molecular flexibility index (Phi) is 3.56. The first-order valence-corrected chi connectivity index (χ1v) is 7.63. The summed E-state index contributed by atoms with van der Waals surface area (Å²) < 4.78 is 5.33. The van der Waals surface area contributed by atoms with Crippen molar-refractivity contribution in [2.24, 2.45) is 11.1 Å². The summed E-state index contributed by atoms with van der Waals surface area (Å²) in [6.07, 6.45) is 4.71. The molecule has 0 spiro atoms. The summed E-state index contributed by atoms with van der Waals surface area (Å²) in [6.45, 7) is 1.59. The summed E-state index contributed by atoms with van der Waals surface area (Å²) in [5.41, 5.74) is 6.52. The number of carbonyl (C=O) groups excluding carboxylic acids is 1. The third-order valence-corrected chi connectivity index (χ3v) is 5.21. The number of fused-ring (bicyclic) bond motifs is 1. The van der Waals surface area contributed by atoms with Gasteiger partial charge in [0.1, 0.15) is 0 Å². The third kappa shape index (κ3) is 2.40. The zero-order chi connectivity index (χ0) is 13.3. The molecule has 1 aromatic rings. The van der Waals surface area contributed by atoms with Crippen molar-refractivity contribution in [3.8, 4) is 0 Å². The van der Waals surface area contributed by atoms with E-state index in [0.29, 0.717) is 32.6 Å². The molecule has 1 aliphatic heterocycles. The summed E-state index contributed by atoms with van der Waals surface area (Å²) in [5, 5.41) is 3.70. The predicted octanol–water partition coefficient (Wildman–Crippen LogP) is 1.33. The van der Waals surface area contributed by atoms with Crippen LogP contribution >= 0.6 is 11.3 Å². The fourth-order valence-corrected chi connectivity index (χ4v) is 3.80. The van der Waals surface area contributed by atoms with Crippen LogP contribution in [0.15, 0.2) is 0 Å². The van der Waals surface area contributed by atoms with Crippen LogP contribution in [-0.4, -0.2) is 30.6 Å². The van der Waals surface area contributed by atoms with Gasteiger partial charge in [0.15, 0.2) is 5.13 Å². The van der Waals surface area contributed by atoms with E-state index < -0.39 is 5.41 Å². The largest absolute Gasteiger partial charge is 0.381 e. The molecule has 0 radical (unpaired) electrons. The lowest BCUT2D eigenvalue weighted by Crippen LogP contribution is -2.46. The summed E-state index contributed by atoms with van der Waals surface area (Å²) in [4.78, 5) is 18.3. The van der Waals surface area contributed by atoms with Gasteiger partial charge in [0.2, 0.25) is 5.91 Å². The smallest absolute Gasteiger partial charge is 0.233 e. The number of hydrogen-bond donors (Lipinski definition) is 2. The molecule has 0 saturated carbocycles. The molecular weight excluding hydrogens is 262 g/mol. The van der Waals surface area contributed by atoms with Gasteiger partial charge in [-0.1, -0.05) is 0 Å². The van der Waals surface area contributed by atoms with Gasteiger partial charge in [-0.15, -0.1) is 11.3 Å². The number of nitrogens with zero attached hydrogens (tertiary/aromatic N) is 1. The molecule has 6 heteroatoms. The van der Waals surface area contributed by atoms with E-state index in [0.717, 1.165) is 23.7 Å². The lowest BCUT2D eigenvalue weighted by atomic mass is 9.79. The Hall–Kier alpha value is -0.980. The molecule has 0 bridgehead atoms. The first-order valence-electron chi connectivity index (χ1n) is 6.81. The Labute approximate surface area is 116 Å². The molecule has 3 rings (SSSR count). The van der Waals surface area contributed by atoms with Crippen LogP contribution in [0.5, 0.6) is 0 Å². The van der Waals surface area contributed by atoms with E-state index in [2.05, 4.69) is 10.3 Å². The summed E-state index contributed by atoms with van der Waals surface area (Å²) in [7, 11) is 0. The fraction of sp³-hybridized carbons (Fsp3) is 0.692. The van der Waals surface area contributed by atoms with Gasteiger partial charge in [0.05, 0.1) is 11.1 Å². The summed E-state index contributed by atoms with van der Waals surface area (Å²) in [6, 6.07) is 0. The van der Waals surface area contributed by atoms with Gasteiger partial charge in [-0.2, -0.15) is 0 Å². The number of hydrogen-bond acceptors (Lipinski definition) is 5. The zero-order valence-electron chi connectivity index (χ0n) is 10.9. The highest BCUT2D eigenvalue weighted by molar-refractivity contribution is 7.15. The average Bonchev–Trinajstić information content (AvgIpc) is 3.00. The maximum Gasteiger partial charge on any atom is 0.233 e. The maximum atomic E-state index is 12.5. The Bertz CT molecular complexity index is 459. The van der Waals surface area contributed by atoms with Crippen LogP contribution in [0.25, 0.3) is 0 Å². The van der Waals surface area contributed by atoms with Crippen LogP contribution in [0, 0.1) is 5.41 Å². The Balaban J connectivity index is 1.72. The second-order valence-electron chi connectivity index (χ2n) is 5.29. The van der Waals surface area contributed by atoms with Crippen LogP contribution in [0.2, 0.25) is 0 Å². The van der Waals surface area contributed by atoms with E-state index in [-0.39, 0.29) is 5.91 Å². The highest BCUT2D eigenvalue weighted by Gasteiger charge is 2.39. The van der Waals surface area contributed by atoms with Crippen molar-refractivity contribution in [1.82, 2.24) is 4.98 Å². The molecule has 5 nitrogen and oxygen atoms in total. The molecular formula is C13H19N3O2S. The molecule has 104 valence electrons. The van der Waals surface area contributed by atoms with Gasteiger partial charge in [-0.25, -0.2) is 4.98 Å². The third-order valence-electron chi connectivity index (χ3n) is 4.14. The molecule has 2 aliphatic rings. The summed E-state index contributed by atoms with van der Waals surface area (Å²) in [5.74, 6) is 0.00530. The van der Waals surface area contributed by atoms with E-state index in [1.54, 1.807) is 11.3 Å². The molecule has 0 unspecified atom stereocenters. The number of aromatic nitrogens is 1. The first-order chi connectivity index (χ1) is 9.23. The average molecular weight is 281 g/mol. The lowest BCUT2D eigenvalue weighted by molar-refractivity contribution is -0.130. The second-order valence-corrected chi connectivity index (χ2v) is 6.38. The van der Waals surface area contributed by atoms with E-state index >= 15 is 0 Å². The SMILES string of the molecule is NCC1(C(=O)Nc2nc3c(s2)CCC3)CCOCC1. The number of nitrogens with one attached hydrogen (secondary N) is 1. The standard InChI is InChI=1S/C13H19N3O2S/c14-8-13(4-6-18-7-5-13)11(17)16-12-15-9-2-1-3-10(9)19-12/h1-8,14H2,(H,15,16,17). The van der Waals surface area contributed by atoms with Gasteiger partial charge in [-0.3, -0.25) is 4.79 Å². The van der Waals surface area contributed by atoms with Gasteiger partial charge in [-0.05, 0) is 32.1 Å². The van der Waals surface area contributed by atoms with Crippen LogP contribution in [0.3, 0.4) is 0 Å². The molecule has 1 amide bonds. The van der Waals surface area contributed by atoms with E-state index in [1.807, 2.05) is 0 Å². The van der Waals surface area contributed by atoms with Crippen molar-refractivity contribution in [1.29, 1.82) is 0 Å². The van der Waals surface area contributed by atoms with Gasteiger partial charge in [0.25, 0.3) is 0 Å². The minimum atomic E-state index is -0.478. The predicted molar refractivity (Wildman–Crippen MR) is 74.3 cm³/mol. The van der Waals surface area contributed by atoms with Crippen molar-refractivity contribution in [2.75, 3.05) is 25.1 Å².